The first-order valence-electron chi connectivity index (χ1n) is 10.9. The van der Waals surface area contributed by atoms with Crippen molar-refractivity contribution in [2.45, 2.75) is 27.7 Å². The van der Waals surface area contributed by atoms with Gasteiger partial charge in [0.05, 0.1) is 0 Å². The minimum atomic E-state index is -1.59. The zero-order valence-electron chi connectivity index (χ0n) is 19.9. The molecule has 4 N–H and O–H groups in total. The highest BCUT2D eigenvalue weighted by Crippen LogP contribution is 2.46. The molecule has 0 spiro atoms. The third-order valence-corrected chi connectivity index (χ3v) is 6.61. The predicted octanol–water partition coefficient (Wildman–Crippen LogP) is 7.92. The van der Waals surface area contributed by atoms with Gasteiger partial charge in [0.25, 0.3) is 0 Å². The maximum Gasteiger partial charge on any atom is 0.194 e. The highest BCUT2D eigenvalue weighted by atomic mass is 19.2. The summed E-state index contributed by atoms with van der Waals surface area (Å²) < 4.78 is 83.2. The van der Waals surface area contributed by atoms with E-state index in [9.17, 15) is 26.3 Å². The molecule has 8 heteroatoms. The van der Waals surface area contributed by atoms with Crippen molar-refractivity contribution in [3.63, 3.8) is 0 Å². The third kappa shape index (κ3) is 3.96. The summed E-state index contributed by atoms with van der Waals surface area (Å²) in [5.74, 6) is -8.64. The second-order valence-corrected chi connectivity index (χ2v) is 8.82. The van der Waals surface area contributed by atoms with E-state index in [1.807, 2.05) is 0 Å². The van der Waals surface area contributed by atoms with Gasteiger partial charge in [0.1, 0.15) is 0 Å². The van der Waals surface area contributed by atoms with Crippen LogP contribution in [0.15, 0.2) is 36.4 Å². The van der Waals surface area contributed by atoms with Crippen LogP contribution in [0.1, 0.15) is 22.3 Å². The third-order valence-electron chi connectivity index (χ3n) is 6.61. The molecule has 0 saturated carbocycles. The Balaban J connectivity index is 2.07. The number of aryl methyl sites for hydroxylation is 2. The molecule has 4 aromatic rings. The number of benzene rings is 4. The fourth-order valence-corrected chi connectivity index (χ4v) is 4.42. The predicted molar refractivity (Wildman–Crippen MR) is 130 cm³/mol. The van der Waals surface area contributed by atoms with Crippen LogP contribution >= 0.6 is 0 Å². The van der Waals surface area contributed by atoms with Crippen LogP contribution in [0.5, 0.6) is 0 Å². The maximum atomic E-state index is 14.0. The van der Waals surface area contributed by atoms with E-state index >= 15 is 0 Å². The SMILES string of the molecule is Cc1cc(-c2cc(F)c(F)c(F)c2)c(N)c(-c2c(C)c(C)cc(-c3cc(F)c(F)c(F)c3)c2N)c1C. The van der Waals surface area contributed by atoms with E-state index in [0.29, 0.717) is 33.4 Å². The minimum Gasteiger partial charge on any atom is -0.398 e. The summed E-state index contributed by atoms with van der Waals surface area (Å²) in [5, 5.41) is 0. The van der Waals surface area contributed by atoms with Gasteiger partial charge in [-0.1, -0.05) is 0 Å². The lowest BCUT2D eigenvalue weighted by molar-refractivity contribution is 0.447. The monoisotopic (exact) mass is 500 g/mol. The van der Waals surface area contributed by atoms with E-state index in [1.165, 1.54) is 0 Å². The van der Waals surface area contributed by atoms with E-state index in [4.69, 9.17) is 11.5 Å². The quantitative estimate of drug-likeness (QED) is 0.171. The fourth-order valence-electron chi connectivity index (χ4n) is 4.42. The van der Waals surface area contributed by atoms with Crippen LogP contribution in [-0.4, -0.2) is 0 Å². The largest absolute Gasteiger partial charge is 0.398 e. The average Bonchev–Trinajstić information content (AvgIpc) is 2.82. The Morgan fingerprint density at radius 3 is 1.03 bits per heavy atom. The molecule has 2 nitrogen and oxygen atoms in total. The van der Waals surface area contributed by atoms with Crippen molar-refractivity contribution < 1.29 is 26.3 Å². The Kier molecular flexibility index (Phi) is 6.24. The Morgan fingerprint density at radius 2 is 0.750 bits per heavy atom. The molecule has 36 heavy (non-hydrogen) atoms. The van der Waals surface area contributed by atoms with Crippen LogP contribution in [0.3, 0.4) is 0 Å². The van der Waals surface area contributed by atoms with Crippen molar-refractivity contribution >= 4 is 11.4 Å². The second kappa shape index (κ2) is 8.93. The average molecular weight is 500 g/mol. The number of hydrogen-bond donors (Lipinski definition) is 2. The highest BCUT2D eigenvalue weighted by Gasteiger charge is 2.23. The maximum absolute atomic E-state index is 14.0. The molecule has 0 heterocycles. The van der Waals surface area contributed by atoms with Crippen LogP contribution in [-0.2, 0) is 0 Å². The molecule has 0 unspecified atom stereocenters. The van der Waals surface area contributed by atoms with Crippen LogP contribution in [0, 0.1) is 62.6 Å². The topological polar surface area (TPSA) is 52.0 Å². The fraction of sp³-hybridized carbons (Fsp3) is 0.143. The van der Waals surface area contributed by atoms with E-state index in [1.54, 1.807) is 39.8 Å². The lowest BCUT2D eigenvalue weighted by Crippen LogP contribution is -2.06. The lowest BCUT2D eigenvalue weighted by Gasteiger charge is -2.23. The standard InChI is InChI=1S/C28H22F6N2/c1-11-5-17(15-7-19(29)25(33)20(30)8-15)27(35)23(13(11)3)24-14(4)12(2)6-18(28(24)36)16-9-21(31)26(34)22(32)10-16/h5-10H,35-36H2,1-4H3. The molecule has 0 aliphatic heterocycles. The molecule has 0 aliphatic carbocycles. The summed E-state index contributed by atoms with van der Waals surface area (Å²) >= 11 is 0. The van der Waals surface area contributed by atoms with Gasteiger partial charge >= 0.3 is 0 Å². The molecule has 0 aromatic heterocycles. The number of rotatable bonds is 3. The molecule has 186 valence electrons. The molecule has 4 aromatic carbocycles. The smallest absolute Gasteiger partial charge is 0.194 e. The summed E-state index contributed by atoms with van der Waals surface area (Å²) in [6.07, 6.45) is 0. The van der Waals surface area contributed by atoms with Gasteiger partial charge in [0.15, 0.2) is 34.9 Å². The number of nitrogen functional groups attached to an aromatic ring is 2. The minimum absolute atomic E-state index is 0.0278. The Morgan fingerprint density at radius 1 is 0.472 bits per heavy atom. The van der Waals surface area contributed by atoms with Gasteiger partial charge in [0.2, 0.25) is 0 Å². The van der Waals surface area contributed by atoms with Gasteiger partial charge in [-0.25, -0.2) is 26.3 Å². The molecule has 0 radical (unpaired) electrons. The molecule has 0 fully saturated rings. The molecule has 0 saturated heterocycles. The van der Waals surface area contributed by atoms with Crippen LogP contribution in [0.4, 0.5) is 37.7 Å². The van der Waals surface area contributed by atoms with Crippen LogP contribution in [0.25, 0.3) is 33.4 Å². The van der Waals surface area contributed by atoms with Crippen molar-refractivity contribution in [3.05, 3.63) is 93.6 Å². The number of halogens is 6. The van der Waals surface area contributed by atoms with Gasteiger partial charge < -0.3 is 11.5 Å². The Labute approximate surface area is 204 Å². The van der Waals surface area contributed by atoms with Gasteiger partial charge in [0, 0.05) is 33.6 Å². The zero-order valence-corrected chi connectivity index (χ0v) is 19.9. The van der Waals surface area contributed by atoms with Crippen molar-refractivity contribution in [2.75, 3.05) is 11.5 Å². The van der Waals surface area contributed by atoms with E-state index in [-0.39, 0.29) is 33.6 Å². The van der Waals surface area contributed by atoms with E-state index in [0.717, 1.165) is 24.3 Å². The Hall–Kier alpha value is -3.94. The van der Waals surface area contributed by atoms with Crippen molar-refractivity contribution in [3.8, 4) is 33.4 Å². The molecule has 0 bridgehead atoms. The molecule has 4 rings (SSSR count). The number of nitrogens with two attached hydrogens (primary N) is 2. The molecular formula is C28H22F6N2. The normalized spacial score (nSPS) is 11.3. The second-order valence-electron chi connectivity index (χ2n) is 8.82. The van der Waals surface area contributed by atoms with Gasteiger partial charge in [-0.05, 0) is 97.5 Å². The van der Waals surface area contributed by atoms with Gasteiger partial charge in [-0.15, -0.1) is 0 Å². The van der Waals surface area contributed by atoms with Crippen LogP contribution in [0.2, 0.25) is 0 Å². The number of anilines is 2. The molecule has 0 aliphatic rings. The molecule has 0 atom stereocenters. The lowest BCUT2D eigenvalue weighted by atomic mass is 9.84. The van der Waals surface area contributed by atoms with Crippen molar-refractivity contribution in [1.29, 1.82) is 0 Å². The summed E-state index contributed by atoms with van der Waals surface area (Å²) in [7, 11) is 0. The van der Waals surface area contributed by atoms with Crippen molar-refractivity contribution in [2.24, 2.45) is 0 Å². The van der Waals surface area contributed by atoms with Gasteiger partial charge in [-0.3, -0.25) is 0 Å². The van der Waals surface area contributed by atoms with Crippen molar-refractivity contribution in [1.82, 2.24) is 0 Å². The zero-order chi connectivity index (χ0) is 26.6. The first-order valence-corrected chi connectivity index (χ1v) is 10.9. The molecule has 0 amide bonds. The first kappa shape index (κ1) is 25.2. The Bertz CT molecular complexity index is 1400. The molecular weight excluding hydrogens is 478 g/mol. The summed E-state index contributed by atoms with van der Waals surface area (Å²) in [5.41, 5.74) is 17.7. The summed E-state index contributed by atoms with van der Waals surface area (Å²) in [6.45, 7) is 7.11. The highest BCUT2D eigenvalue weighted by molar-refractivity contribution is 6.00. The van der Waals surface area contributed by atoms with E-state index < -0.39 is 34.9 Å². The summed E-state index contributed by atoms with van der Waals surface area (Å²) in [6, 6.07) is 6.67. The van der Waals surface area contributed by atoms with Gasteiger partial charge in [-0.2, -0.15) is 0 Å². The van der Waals surface area contributed by atoms with Crippen LogP contribution < -0.4 is 11.5 Å². The number of hydrogen-bond acceptors (Lipinski definition) is 2. The first-order chi connectivity index (χ1) is 16.8. The summed E-state index contributed by atoms with van der Waals surface area (Å²) in [4.78, 5) is 0. The van der Waals surface area contributed by atoms with E-state index in [2.05, 4.69) is 0 Å².